The van der Waals surface area contributed by atoms with E-state index in [9.17, 15) is 4.79 Å². The van der Waals surface area contributed by atoms with Gasteiger partial charge in [0.25, 0.3) is 0 Å². The lowest BCUT2D eigenvalue weighted by atomic mass is 10.1. The van der Waals surface area contributed by atoms with Gasteiger partial charge in [0, 0.05) is 19.1 Å². The van der Waals surface area contributed by atoms with Gasteiger partial charge in [-0.05, 0) is 49.0 Å². The Hall–Kier alpha value is -0.830. The molecular weight excluding hydrogens is 226 g/mol. The van der Waals surface area contributed by atoms with E-state index in [1.807, 2.05) is 0 Å². The van der Waals surface area contributed by atoms with E-state index in [0.717, 1.165) is 43.9 Å². The SMILES string of the molecule is CC1CC1C1CC1C=CC(=O)NCC1CCOC1. The Kier molecular flexibility index (Phi) is 3.42. The number of allylic oxidation sites excluding steroid dienone is 1. The van der Waals surface area contributed by atoms with Crippen molar-refractivity contribution in [1.82, 2.24) is 5.32 Å². The number of ether oxygens (including phenoxy) is 1. The molecule has 5 unspecified atom stereocenters. The molecule has 0 aromatic rings. The van der Waals surface area contributed by atoms with Crippen LogP contribution in [0, 0.1) is 29.6 Å². The maximum atomic E-state index is 11.6. The number of carbonyl (C=O) groups is 1. The largest absolute Gasteiger partial charge is 0.381 e. The molecule has 18 heavy (non-hydrogen) atoms. The predicted molar refractivity (Wildman–Crippen MR) is 69.9 cm³/mol. The first-order valence-electron chi connectivity index (χ1n) is 7.28. The zero-order valence-corrected chi connectivity index (χ0v) is 11.1. The zero-order chi connectivity index (χ0) is 12.5. The highest BCUT2D eigenvalue weighted by molar-refractivity contribution is 5.87. The topological polar surface area (TPSA) is 38.3 Å². The van der Waals surface area contributed by atoms with Gasteiger partial charge in [-0.3, -0.25) is 4.79 Å². The van der Waals surface area contributed by atoms with E-state index < -0.39 is 0 Å². The first-order chi connectivity index (χ1) is 8.74. The number of carbonyl (C=O) groups excluding carboxylic acids is 1. The van der Waals surface area contributed by atoms with Gasteiger partial charge in [0.1, 0.15) is 0 Å². The van der Waals surface area contributed by atoms with Gasteiger partial charge in [0.2, 0.25) is 5.91 Å². The zero-order valence-electron chi connectivity index (χ0n) is 11.1. The maximum absolute atomic E-state index is 11.6. The van der Waals surface area contributed by atoms with Gasteiger partial charge < -0.3 is 10.1 Å². The third kappa shape index (κ3) is 2.94. The van der Waals surface area contributed by atoms with Gasteiger partial charge in [-0.25, -0.2) is 0 Å². The van der Waals surface area contributed by atoms with Gasteiger partial charge in [0.15, 0.2) is 0 Å². The molecule has 1 aliphatic heterocycles. The Morgan fingerprint density at radius 1 is 1.39 bits per heavy atom. The number of hydrogen-bond acceptors (Lipinski definition) is 2. The van der Waals surface area contributed by atoms with Crippen molar-refractivity contribution in [2.24, 2.45) is 29.6 Å². The molecule has 5 atom stereocenters. The second-order valence-electron chi connectivity index (χ2n) is 6.27. The lowest BCUT2D eigenvalue weighted by molar-refractivity contribution is -0.116. The molecule has 2 aliphatic carbocycles. The van der Waals surface area contributed by atoms with E-state index in [1.54, 1.807) is 6.08 Å². The quantitative estimate of drug-likeness (QED) is 0.757. The molecule has 0 aromatic carbocycles. The summed E-state index contributed by atoms with van der Waals surface area (Å²) in [5.74, 6) is 4.04. The van der Waals surface area contributed by atoms with Gasteiger partial charge in [-0.15, -0.1) is 0 Å². The highest BCUT2D eigenvalue weighted by Gasteiger charge is 2.50. The van der Waals surface area contributed by atoms with Crippen molar-refractivity contribution in [3.05, 3.63) is 12.2 Å². The number of amides is 1. The van der Waals surface area contributed by atoms with E-state index in [2.05, 4.69) is 18.3 Å². The molecule has 100 valence electrons. The van der Waals surface area contributed by atoms with Crippen molar-refractivity contribution in [3.8, 4) is 0 Å². The van der Waals surface area contributed by atoms with Crippen molar-refractivity contribution >= 4 is 5.91 Å². The van der Waals surface area contributed by atoms with Crippen LogP contribution in [-0.4, -0.2) is 25.7 Å². The van der Waals surface area contributed by atoms with Crippen molar-refractivity contribution in [2.75, 3.05) is 19.8 Å². The molecule has 1 saturated heterocycles. The van der Waals surface area contributed by atoms with E-state index in [4.69, 9.17) is 4.74 Å². The number of hydrogen-bond donors (Lipinski definition) is 1. The lowest BCUT2D eigenvalue weighted by Gasteiger charge is -2.07. The minimum Gasteiger partial charge on any atom is -0.381 e. The standard InChI is InChI=1S/C15H23NO2/c1-10-6-13(10)14-7-12(14)2-3-15(17)16-8-11-4-5-18-9-11/h2-3,10-14H,4-9H2,1H3,(H,16,17). The Morgan fingerprint density at radius 2 is 2.22 bits per heavy atom. The summed E-state index contributed by atoms with van der Waals surface area (Å²) < 4.78 is 5.29. The molecule has 1 heterocycles. The summed E-state index contributed by atoms with van der Waals surface area (Å²) in [6, 6.07) is 0. The van der Waals surface area contributed by atoms with Gasteiger partial charge >= 0.3 is 0 Å². The van der Waals surface area contributed by atoms with E-state index in [-0.39, 0.29) is 5.91 Å². The fourth-order valence-electron chi connectivity index (χ4n) is 3.16. The first kappa shape index (κ1) is 12.2. The molecule has 0 spiro atoms. The van der Waals surface area contributed by atoms with Crippen molar-refractivity contribution in [3.63, 3.8) is 0 Å². The molecule has 3 fully saturated rings. The summed E-state index contributed by atoms with van der Waals surface area (Å²) in [7, 11) is 0. The summed E-state index contributed by atoms with van der Waals surface area (Å²) in [6.07, 6.45) is 7.65. The lowest BCUT2D eigenvalue weighted by Crippen LogP contribution is -2.27. The summed E-state index contributed by atoms with van der Waals surface area (Å²) in [4.78, 5) is 11.6. The average molecular weight is 249 g/mol. The second kappa shape index (κ2) is 5.04. The monoisotopic (exact) mass is 249 g/mol. The van der Waals surface area contributed by atoms with Gasteiger partial charge in [-0.1, -0.05) is 13.0 Å². The van der Waals surface area contributed by atoms with Crippen LogP contribution in [0.3, 0.4) is 0 Å². The molecule has 1 amide bonds. The van der Waals surface area contributed by atoms with Crippen LogP contribution in [0.2, 0.25) is 0 Å². The van der Waals surface area contributed by atoms with Crippen LogP contribution in [0.1, 0.15) is 26.2 Å². The molecular formula is C15H23NO2. The van der Waals surface area contributed by atoms with Crippen LogP contribution in [0.15, 0.2) is 12.2 Å². The minimum atomic E-state index is 0.0661. The van der Waals surface area contributed by atoms with E-state index in [0.29, 0.717) is 11.8 Å². The highest BCUT2D eigenvalue weighted by Crippen LogP contribution is 2.58. The minimum absolute atomic E-state index is 0.0661. The van der Waals surface area contributed by atoms with Crippen LogP contribution in [0.4, 0.5) is 0 Å². The van der Waals surface area contributed by atoms with Crippen LogP contribution in [0.5, 0.6) is 0 Å². The van der Waals surface area contributed by atoms with Crippen molar-refractivity contribution < 1.29 is 9.53 Å². The molecule has 3 rings (SSSR count). The van der Waals surface area contributed by atoms with Crippen LogP contribution < -0.4 is 5.32 Å². The van der Waals surface area contributed by atoms with Gasteiger partial charge in [-0.2, -0.15) is 0 Å². The summed E-state index contributed by atoms with van der Waals surface area (Å²) >= 11 is 0. The highest BCUT2D eigenvalue weighted by atomic mass is 16.5. The molecule has 3 nitrogen and oxygen atoms in total. The molecule has 0 bridgehead atoms. The molecule has 3 heteroatoms. The third-order valence-electron chi connectivity index (χ3n) is 4.70. The van der Waals surface area contributed by atoms with Crippen LogP contribution in [0.25, 0.3) is 0 Å². The van der Waals surface area contributed by atoms with Crippen molar-refractivity contribution in [1.29, 1.82) is 0 Å². The van der Waals surface area contributed by atoms with Gasteiger partial charge in [0.05, 0.1) is 6.61 Å². The molecule has 0 radical (unpaired) electrons. The molecule has 1 N–H and O–H groups in total. The Morgan fingerprint density at radius 3 is 2.89 bits per heavy atom. The summed E-state index contributed by atoms with van der Waals surface area (Å²) in [5.41, 5.74) is 0. The molecule has 0 aromatic heterocycles. The third-order valence-corrected chi connectivity index (χ3v) is 4.70. The predicted octanol–water partition coefficient (Wildman–Crippen LogP) is 1.99. The summed E-state index contributed by atoms with van der Waals surface area (Å²) in [6.45, 7) is 4.74. The number of rotatable bonds is 5. The normalized spacial score (nSPS) is 42.2. The Bertz CT molecular complexity index is 346. The first-order valence-corrected chi connectivity index (χ1v) is 7.28. The second-order valence-corrected chi connectivity index (χ2v) is 6.27. The smallest absolute Gasteiger partial charge is 0.243 e. The Balaban J connectivity index is 1.33. The van der Waals surface area contributed by atoms with Crippen LogP contribution in [-0.2, 0) is 9.53 Å². The molecule has 3 aliphatic rings. The van der Waals surface area contributed by atoms with E-state index in [1.165, 1.54) is 12.8 Å². The van der Waals surface area contributed by atoms with E-state index >= 15 is 0 Å². The van der Waals surface area contributed by atoms with Crippen molar-refractivity contribution in [2.45, 2.75) is 26.2 Å². The molecule has 2 saturated carbocycles. The average Bonchev–Trinajstić information content (AvgIpc) is 3.22. The maximum Gasteiger partial charge on any atom is 0.243 e. The summed E-state index contributed by atoms with van der Waals surface area (Å²) in [5, 5.41) is 2.97. The fraction of sp³-hybridized carbons (Fsp3) is 0.800. The Labute approximate surface area is 109 Å². The number of nitrogens with one attached hydrogen (secondary N) is 1. The van der Waals surface area contributed by atoms with Crippen LogP contribution >= 0.6 is 0 Å². The fourth-order valence-corrected chi connectivity index (χ4v) is 3.16.